The van der Waals surface area contributed by atoms with E-state index in [4.69, 9.17) is 4.42 Å². The molecule has 0 saturated carbocycles. The van der Waals surface area contributed by atoms with Crippen molar-refractivity contribution < 1.29 is 13.2 Å². The van der Waals surface area contributed by atoms with Crippen LogP contribution in [0.3, 0.4) is 0 Å². The molecular formula is C69H40F2N4OS2. The first kappa shape index (κ1) is 45.5. The summed E-state index contributed by atoms with van der Waals surface area (Å²) in [6.45, 7) is 0. The van der Waals surface area contributed by atoms with Gasteiger partial charge in [0.25, 0.3) is 0 Å². The fourth-order valence-corrected chi connectivity index (χ4v) is 13.7. The van der Waals surface area contributed by atoms with Crippen LogP contribution in [0, 0.1) is 23.0 Å². The van der Waals surface area contributed by atoms with Gasteiger partial charge in [0, 0.05) is 97.0 Å². The van der Waals surface area contributed by atoms with Crippen molar-refractivity contribution in [2.45, 2.75) is 0 Å². The molecule has 0 aliphatic carbocycles. The van der Waals surface area contributed by atoms with Gasteiger partial charge in [-0.1, -0.05) is 121 Å². The molecule has 5 nitrogen and oxygen atoms in total. The van der Waals surface area contributed by atoms with E-state index in [1.807, 2.05) is 48.5 Å². The summed E-state index contributed by atoms with van der Waals surface area (Å²) in [5.74, 6) is -0.917. The Morgan fingerprint density at radius 1 is 0.321 bits per heavy atom. The zero-order valence-corrected chi connectivity index (χ0v) is 43.0. The Bertz CT molecular complexity index is 4820. The second kappa shape index (κ2) is 18.2. The molecule has 78 heavy (non-hydrogen) atoms. The summed E-state index contributed by atoms with van der Waals surface area (Å²) in [6.07, 6.45) is 0. The van der Waals surface area contributed by atoms with Gasteiger partial charge in [-0.2, -0.15) is 5.26 Å². The number of hydrogen-bond donors (Lipinski definition) is 0. The number of fused-ring (bicyclic) bond motifs is 12. The minimum atomic E-state index is -0.458. The standard InChI is InChI=1S/C69H40F2N4OS2/c70-60-15-5-7-17-62(60)75(63-18-8-6-16-61(63)71)49-27-32-59-58-31-26-47(39-68(58)78-69(59)40-49)73(45-23-28-53-44(35-45)22-21-43-11-1-2-12-52(43)53)50-33-42(41-72)34-51(36-50)74(46-24-29-55-54-13-3-9-19-64(54)76-65(55)37-46)48-25-30-57-56-14-4-10-20-66(56)77-67(57)38-48/h1-40H. The fourth-order valence-electron chi connectivity index (χ4n) is 11.4. The Morgan fingerprint density at radius 2 is 0.756 bits per heavy atom. The quantitative estimate of drug-likeness (QED) is 0.135. The predicted molar refractivity (Wildman–Crippen MR) is 323 cm³/mol. The van der Waals surface area contributed by atoms with Crippen LogP contribution in [0.25, 0.3) is 83.8 Å². The second-order valence-corrected chi connectivity index (χ2v) is 21.6. The molecule has 15 rings (SSSR count). The van der Waals surface area contributed by atoms with Crippen LogP contribution in [0.5, 0.6) is 0 Å². The third-order valence-electron chi connectivity index (χ3n) is 14.9. The number of para-hydroxylation sites is 3. The molecule has 0 N–H and O–H groups in total. The van der Waals surface area contributed by atoms with Crippen molar-refractivity contribution in [3.8, 4) is 6.07 Å². The summed E-state index contributed by atoms with van der Waals surface area (Å²) in [4.78, 5) is 6.11. The van der Waals surface area contributed by atoms with Gasteiger partial charge >= 0.3 is 0 Å². The molecule has 0 fully saturated rings. The molecule has 0 spiro atoms. The van der Waals surface area contributed by atoms with E-state index in [1.165, 1.54) is 38.4 Å². The van der Waals surface area contributed by atoms with Gasteiger partial charge in [-0.15, -0.1) is 22.7 Å². The number of benzene rings is 12. The van der Waals surface area contributed by atoms with Crippen molar-refractivity contribution in [2.24, 2.45) is 0 Å². The normalized spacial score (nSPS) is 11.7. The monoisotopic (exact) mass is 1040 g/mol. The lowest BCUT2D eigenvalue weighted by atomic mass is 10.0. The lowest BCUT2D eigenvalue weighted by molar-refractivity contribution is 0.619. The number of nitrogens with zero attached hydrogens (tertiary/aromatic N) is 4. The average molecular weight is 1040 g/mol. The molecule has 0 aliphatic rings. The van der Waals surface area contributed by atoms with Crippen LogP contribution in [0.15, 0.2) is 247 Å². The summed E-state index contributed by atoms with van der Waals surface area (Å²) < 4.78 is 42.2. The van der Waals surface area contributed by atoms with Crippen molar-refractivity contribution in [3.63, 3.8) is 0 Å². The van der Waals surface area contributed by atoms with Gasteiger partial charge in [0.2, 0.25) is 0 Å². The number of anilines is 9. The van der Waals surface area contributed by atoms with Crippen LogP contribution in [0.1, 0.15) is 5.56 Å². The third-order valence-corrected chi connectivity index (χ3v) is 17.2. The van der Waals surface area contributed by atoms with Gasteiger partial charge in [0.1, 0.15) is 22.8 Å². The highest BCUT2D eigenvalue weighted by molar-refractivity contribution is 7.26. The molecule has 9 heteroatoms. The zero-order chi connectivity index (χ0) is 52.0. The van der Waals surface area contributed by atoms with Crippen LogP contribution >= 0.6 is 22.7 Å². The highest BCUT2D eigenvalue weighted by Crippen LogP contribution is 2.48. The maximum Gasteiger partial charge on any atom is 0.147 e. The molecule has 3 aromatic heterocycles. The van der Waals surface area contributed by atoms with Gasteiger partial charge in [-0.05, 0) is 137 Å². The van der Waals surface area contributed by atoms with Gasteiger partial charge < -0.3 is 19.1 Å². The van der Waals surface area contributed by atoms with Crippen LogP contribution in [0.4, 0.5) is 60.0 Å². The summed E-state index contributed by atoms with van der Waals surface area (Å²) in [5, 5.41) is 22.1. The first-order chi connectivity index (χ1) is 38.4. The van der Waals surface area contributed by atoms with E-state index in [1.54, 1.807) is 64.0 Å². The van der Waals surface area contributed by atoms with Crippen LogP contribution in [-0.2, 0) is 0 Å². The van der Waals surface area contributed by atoms with E-state index in [0.717, 1.165) is 91.7 Å². The molecule has 15 aromatic rings. The fraction of sp³-hybridized carbons (Fsp3) is 0. The van der Waals surface area contributed by atoms with Crippen molar-refractivity contribution in [2.75, 3.05) is 14.7 Å². The number of halogens is 2. The summed E-state index contributed by atoms with van der Waals surface area (Å²) >= 11 is 3.39. The summed E-state index contributed by atoms with van der Waals surface area (Å²) in [6, 6.07) is 83.0. The van der Waals surface area contributed by atoms with Crippen molar-refractivity contribution in [1.82, 2.24) is 0 Å². The maximum atomic E-state index is 15.7. The van der Waals surface area contributed by atoms with Gasteiger partial charge in [0.15, 0.2) is 0 Å². The van der Waals surface area contributed by atoms with E-state index < -0.39 is 11.6 Å². The number of hydrogen-bond acceptors (Lipinski definition) is 7. The van der Waals surface area contributed by atoms with E-state index in [0.29, 0.717) is 11.3 Å². The largest absolute Gasteiger partial charge is 0.456 e. The minimum Gasteiger partial charge on any atom is -0.456 e. The van der Waals surface area contributed by atoms with Crippen molar-refractivity contribution in [1.29, 1.82) is 5.26 Å². The molecular weight excluding hydrogens is 1000 g/mol. The summed E-state index contributed by atoms with van der Waals surface area (Å²) in [7, 11) is 0. The van der Waals surface area contributed by atoms with Crippen LogP contribution in [-0.4, -0.2) is 0 Å². The molecule has 0 aliphatic heterocycles. The lowest BCUT2D eigenvalue weighted by Gasteiger charge is -2.30. The molecule has 368 valence electrons. The van der Waals surface area contributed by atoms with Crippen molar-refractivity contribution in [3.05, 3.63) is 260 Å². The smallest absolute Gasteiger partial charge is 0.147 e. The molecule has 3 heterocycles. The van der Waals surface area contributed by atoms with E-state index in [2.05, 4.69) is 161 Å². The SMILES string of the molecule is N#Cc1cc(N(c2ccc3c(c2)oc2ccccc23)c2ccc3c(c2)sc2ccccc23)cc(N(c2ccc3c(ccc4ccccc43)c2)c2ccc3c(c2)sc2cc(N(c4ccccc4F)c4ccccc4F)ccc23)c1. The summed E-state index contributed by atoms with van der Waals surface area (Å²) in [5.41, 5.74) is 8.38. The van der Waals surface area contributed by atoms with E-state index in [-0.39, 0.29) is 11.4 Å². The Kier molecular flexibility index (Phi) is 10.6. The number of rotatable bonds is 9. The first-order valence-electron chi connectivity index (χ1n) is 25.6. The van der Waals surface area contributed by atoms with Crippen molar-refractivity contribution >= 4 is 158 Å². The molecule has 0 radical (unpaired) electrons. The third kappa shape index (κ3) is 7.53. The van der Waals surface area contributed by atoms with E-state index in [9.17, 15) is 5.26 Å². The highest BCUT2D eigenvalue weighted by Gasteiger charge is 2.24. The average Bonchev–Trinajstić information content (AvgIpc) is 4.26. The Balaban J connectivity index is 0.926. The molecule has 0 atom stereocenters. The minimum absolute atomic E-state index is 0.248. The second-order valence-electron chi connectivity index (χ2n) is 19.5. The van der Waals surface area contributed by atoms with Gasteiger partial charge in [-0.3, -0.25) is 0 Å². The Labute approximate surface area is 454 Å². The highest BCUT2D eigenvalue weighted by atomic mass is 32.1. The molecule has 0 saturated heterocycles. The lowest BCUT2D eigenvalue weighted by Crippen LogP contribution is -2.14. The maximum absolute atomic E-state index is 15.7. The van der Waals surface area contributed by atoms with Crippen LogP contribution in [0.2, 0.25) is 0 Å². The Morgan fingerprint density at radius 3 is 1.38 bits per heavy atom. The molecule has 12 aromatic carbocycles. The predicted octanol–water partition coefficient (Wildman–Crippen LogP) is 21.2. The van der Waals surface area contributed by atoms with Gasteiger partial charge in [-0.25, -0.2) is 8.78 Å². The number of nitriles is 1. The molecule has 0 bridgehead atoms. The van der Waals surface area contributed by atoms with E-state index >= 15 is 8.78 Å². The topological polar surface area (TPSA) is 46.7 Å². The van der Waals surface area contributed by atoms with Gasteiger partial charge in [0.05, 0.1) is 23.0 Å². The van der Waals surface area contributed by atoms with Crippen LogP contribution < -0.4 is 14.7 Å². The molecule has 0 amide bonds. The molecule has 0 unspecified atom stereocenters. The zero-order valence-electron chi connectivity index (χ0n) is 41.4. The number of furan rings is 1. The Hall–Kier alpha value is -9.85. The number of thiophene rings is 2. The first-order valence-corrected chi connectivity index (χ1v) is 27.2.